The number of rotatable bonds is 5. The van der Waals surface area contributed by atoms with Gasteiger partial charge in [0.1, 0.15) is 5.82 Å². The zero-order valence-corrected chi connectivity index (χ0v) is 12.7. The van der Waals surface area contributed by atoms with Gasteiger partial charge in [0.2, 0.25) is 5.91 Å². The van der Waals surface area contributed by atoms with Crippen molar-refractivity contribution in [3.8, 4) is 0 Å². The molecule has 1 amide bonds. The van der Waals surface area contributed by atoms with Crippen LogP contribution in [0.5, 0.6) is 0 Å². The van der Waals surface area contributed by atoms with E-state index in [2.05, 4.69) is 10.3 Å². The topological polar surface area (TPSA) is 94.0 Å². The van der Waals surface area contributed by atoms with Crippen LogP contribution in [0.25, 0.3) is 0 Å². The smallest absolute Gasteiger partial charge is 0.384 e. The number of nitrogens with two attached hydrogens (primary N) is 2. The summed E-state index contributed by atoms with van der Waals surface area (Å²) < 4.78 is 38.0. The predicted octanol–water partition coefficient (Wildman–Crippen LogP) is 1.87. The first-order chi connectivity index (χ1) is 11.3. The summed E-state index contributed by atoms with van der Waals surface area (Å²) in [5.41, 5.74) is 11.6. The number of amides is 1. The number of nitrogens with zero attached hydrogens (tertiary/aromatic N) is 1. The molecule has 0 saturated heterocycles. The van der Waals surface area contributed by atoms with Gasteiger partial charge in [-0.2, -0.15) is 13.2 Å². The van der Waals surface area contributed by atoms with E-state index in [1.165, 1.54) is 18.3 Å². The van der Waals surface area contributed by atoms with Crippen LogP contribution < -0.4 is 16.8 Å². The first-order valence-corrected chi connectivity index (χ1v) is 7.15. The fourth-order valence-corrected chi connectivity index (χ4v) is 2.08. The van der Waals surface area contributed by atoms with Gasteiger partial charge in [-0.1, -0.05) is 24.3 Å². The van der Waals surface area contributed by atoms with Gasteiger partial charge in [0, 0.05) is 12.7 Å². The van der Waals surface area contributed by atoms with Crippen LogP contribution in [0.2, 0.25) is 0 Å². The molecular weight excluding hydrogens is 321 g/mol. The lowest BCUT2D eigenvalue weighted by Crippen LogP contribution is -2.41. The van der Waals surface area contributed by atoms with Crippen LogP contribution in [-0.4, -0.2) is 16.9 Å². The molecule has 5 N–H and O–H groups in total. The zero-order valence-electron chi connectivity index (χ0n) is 12.7. The average Bonchev–Trinajstić information content (AvgIpc) is 2.53. The second-order valence-electron chi connectivity index (χ2n) is 5.32. The number of carbonyl (C=O) groups is 1. The molecule has 1 aromatic heterocycles. The Morgan fingerprint density at radius 1 is 1.21 bits per heavy atom. The number of nitrogens with one attached hydrogen (secondary N) is 1. The number of carbonyl (C=O) groups excluding carboxylic acids is 1. The van der Waals surface area contributed by atoms with E-state index in [9.17, 15) is 18.0 Å². The van der Waals surface area contributed by atoms with Gasteiger partial charge in [-0.3, -0.25) is 4.79 Å². The van der Waals surface area contributed by atoms with E-state index in [1.54, 1.807) is 12.1 Å². The number of anilines is 1. The third kappa shape index (κ3) is 4.95. The Kier molecular flexibility index (Phi) is 5.40. The molecule has 2 aromatic rings. The zero-order chi connectivity index (χ0) is 17.7. The van der Waals surface area contributed by atoms with E-state index in [4.69, 9.17) is 11.5 Å². The summed E-state index contributed by atoms with van der Waals surface area (Å²) in [6, 6.07) is 7.13. The van der Waals surface area contributed by atoms with Crippen molar-refractivity contribution in [3.63, 3.8) is 0 Å². The molecule has 0 bridgehead atoms. The summed E-state index contributed by atoms with van der Waals surface area (Å²) >= 11 is 0. The Morgan fingerprint density at radius 2 is 1.96 bits per heavy atom. The van der Waals surface area contributed by atoms with Crippen LogP contribution in [-0.2, 0) is 23.9 Å². The highest BCUT2D eigenvalue weighted by atomic mass is 19.4. The number of benzene rings is 1. The molecule has 1 atom stereocenters. The fraction of sp³-hybridized carbons (Fsp3) is 0.250. The molecule has 0 aliphatic rings. The van der Waals surface area contributed by atoms with Crippen molar-refractivity contribution in [2.24, 2.45) is 5.73 Å². The number of hydrogen-bond acceptors (Lipinski definition) is 4. The molecule has 0 fully saturated rings. The fourth-order valence-electron chi connectivity index (χ4n) is 2.08. The molecule has 1 heterocycles. The lowest BCUT2D eigenvalue weighted by molar-refractivity contribution is -0.137. The third-order valence-corrected chi connectivity index (χ3v) is 3.36. The number of nitrogen functional groups attached to an aromatic ring is 1. The minimum absolute atomic E-state index is 0.00966. The van der Waals surface area contributed by atoms with Crippen LogP contribution >= 0.6 is 0 Å². The molecule has 8 heteroatoms. The Morgan fingerprint density at radius 3 is 2.58 bits per heavy atom. The predicted molar refractivity (Wildman–Crippen MR) is 83.6 cm³/mol. The average molecular weight is 338 g/mol. The van der Waals surface area contributed by atoms with Gasteiger partial charge in [0.25, 0.3) is 0 Å². The molecule has 128 valence electrons. The molecule has 0 radical (unpaired) electrons. The second-order valence-corrected chi connectivity index (χ2v) is 5.32. The highest BCUT2D eigenvalue weighted by Crippen LogP contribution is 2.29. The third-order valence-electron chi connectivity index (χ3n) is 3.36. The summed E-state index contributed by atoms with van der Waals surface area (Å²) in [4.78, 5) is 15.9. The molecule has 0 unspecified atom stereocenters. The quantitative estimate of drug-likeness (QED) is 0.776. The van der Waals surface area contributed by atoms with Crippen LogP contribution in [0.4, 0.5) is 19.0 Å². The van der Waals surface area contributed by atoms with E-state index in [-0.39, 0.29) is 13.0 Å². The molecule has 5 nitrogen and oxygen atoms in total. The Labute approximate surface area is 136 Å². The van der Waals surface area contributed by atoms with Crippen LogP contribution in [0, 0.1) is 0 Å². The molecule has 24 heavy (non-hydrogen) atoms. The minimum atomic E-state index is -4.43. The first-order valence-electron chi connectivity index (χ1n) is 7.15. The van der Waals surface area contributed by atoms with Gasteiger partial charge in [0.15, 0.2) is 0 Å². The van der Waals surface area contributed by atoms with Crippen LogP contribution in [0.15, 0.2) is 42.6 Å². The lowest BCUT2D eigenvalue weighted by Gasteiger charge is -2.14. The van der Waals surface area contributed by atoms with Crippen LogP contribution in [0.1, 0.15) is 16.7 Å². The molecule has 2 rings (SSSR count). The van der Waals surface area contributed by atoms with E-state index < -0.39 is 23.7 Å². The molecule has 0 aliphatic carbocycles. The maximum absolute atomic E-state index is 12.7. The van der Waals surface area contributed by atoms with Crippen molar-refractivity contribution in [2.45, 2.75) is 25.2 Å². The first kappa shape index (κ1) is 17.7. The number of alkyl halides is 3. The largest absolute Gasteiger partial charge is 0.416 e. The van der Waals surface area contributed by atoms with E-state index in [0.717, 1.165) is 17.7 Å². The Balaban J connectivity index is 1.93. The normalized spacial score (nSPS) is 12.7. The van der Waals surface area contributed by atoms with Crippen LogP contribution in [0.3, 0.4) is 0 Å². The maximum Gasteiger partial charge on any atom is 0.416 e. The molecule has 0 spiro atoms. The van der Waals surface area contributed by atoms with Crippen molar-refractivity contribution in [2.75, 3.05) is 5.73 Å². The number of halogens is 3. The SMILES string of the molecule is Nc1ccc(CNC(=O)[C@@H](N)Cc2cccc(C(F)(F)F)c2)cn1. The van der Waals surface area contributed by atoms with Gasteiger partial charge in [-0.15, -0.1) is 0 Å². The summed E-state index contributed by atoms with van der Waals surface area (Å²) in [7, 11) is 0. The summed E-state index contributed by atoms with van der Waals surface area (Å²) in [6.45, 7) is 0.211. The highest BCUT2D eigenvalue weighted by Gasteiger charge is 2.30. The van der Waals surface area contributed by atoms with Gasteiger partial charge in [-0.25, -0.2) is 4.98 Å². The van der Waals surface area contributed by atoms with Crippen molar-refractivity contribution in [1.82, 2.24) is 10.3 Å². The van der Waals surface area contributed by atoms with Gasteiger partial charge < -0.3 is 16.8 Å². The number of aromatic nitrogens is 1. The number of hydrogen-bond donors (Lipinski definition) is 3. The van der Waals surface area contributed by atoms with Crippen molar-refractivity contribution in [1.29, 1.82) is 0 Å². The van der Waals surface area contributed by atoms with Gasteiger partial charge in [-0.05, 0) is 29.7 Å². The van der Waals surface area contributed by atoms with Gasteiger partial charge in [0.05, 0.1) is 11.6 Å². The van der Waals surface area contributed by atoms with Gasteiger partial charge >= 0.3 is 6.18 Å². The molecule has 1 aromatic carbocycles. The Bertz CT molecular complexity index is 701. The van der Waals surface area contributed by atoms with E-state index in [1.807, 2.05) is 0 Å². The summed E-state index contributed by atoms with van der Waals surface area (Å²) in [5.74, 6) is -0.0874. The van der Waals surface area contributed by atoms with Crippen molar-refractivity contribution < 1.29 is 18.0 Å². The summed E-state index contributed by atoms with van der Waals surface area (Å²) in [6.07, 6.45) is -2.89. The van der Waals surface area contributed by atoms with E-state index >= 15 is 0 Å². The standard InChI is InChI=1S/C16H17F3N4O/c17-16(18,19)12-3-1-2-10(6-12)7-13(20)15(24)23-9-11-4-5-14(21)22-8-11/h1-6,8,13H,7,9,20H2,(H2,21,22)(H,23,24)/t13-/m0/s1. The molecule has 0 saturated carbocycles. The second kappa shape index (κ2) is 7.31. The molecular formula is C16H17F3N4O. The molecule has 0 aliphatic heterocycles. The lowest BCUT2D eigenvalue weighted by atomic mass is 10.0. The monoisotopic (exact) mass is 338 g/mol. The van der Waals surface area contributed by atoms with E-state index in [0.29, 0.717) is 11.4 Å². The summed E-state index contributed by atoms with van der Waals surface area (Å²) in [5, 5.41) is 2.62. The van der Waals surface area contributed by atoms with Crippen molar-refractivity contribution in [3.05, 3.63) is 59.3 Å². The Hall–Kier alpha value is -2.61. The maximum atomic E-state index is 12.7. The van der Waals surface area contributed by atoms with Crippen molar-refractivity contribution >= 4 is 11.7 Å². The number of pyridine rings is 1. The highest BCUT2D eigenvalue weighted by molar-refractivity contribution is 5.81. The minimum Gasteiger partial charge on any atom is -0.384 e.